The molecule has 1 unspecified atom stereocenters. The Morgan fingerprint density at radius 3 is 2.42 bits per heavy atom. The van der Waals surface area contributed by atoms with Crippen LogP contribution in [-0.2, 0) is 0 Å². The lowest BCUT2D eigenvalue weighted by Crippen LogP contribution is -2.21. The molecule has 0 aliphatic carbocycles. The topological polar surface area (TPSA) is 21.3 Å². The molecule has 0 aromatic heterocycles. The van der Waals surface area contributed by atoms with Gasteiger partial charge in [-0.3, -0.25) is 0 Å². The second-order valence-corrected chi connectivity index (χ2v) is 5.78. The molecule has 0 amide bonds. The number of hydrogen-bond donors (Lipinski definition) is 1. The summed E-state index contributed by atoms with van der Waals surface area (Å²) >= 11 is 3.14. The third-order valence-corrected chi connectivity index (χ3v) is 2.89. The van der Waals surface area contributed by atoms with Gasteiger partial charge in [0.25, 0.3) is 0 Å². The Hall–Kier alpha value is -0.910. The van der Waals surface area contributed by atoms with Gasteiger partial charge >= 0.3 is 6.36 Å². The highest BCUT2D eigenvalue weighted by atomic mass is 79.9. The molecule has 0 fully saturated rings. The average Bonchev–Trinajstić information content (AvgIpc) is 2.18. The highest BCUT2D eigenvalue weighted by Gasteiger charge is 2.32. The monoisotopic (exact) mass is 339 g/mol. The number of rotatable bonds is 5. The van der Waals surface area contributed by atoms with Gasteiger partial charge in [-0.1, -0.05) is 29.8 Å². The third-order valence-electron chi connectivity index (χ3n) is 2.40. The normalized spacial score (nSPS) is 13.5. The lowest BCUT2D eigenvalue weighted by Gasteiger charge is -2.20. The molecule has 0 radical (unpaired) electrons. The van der Waals surface area contributed by atoms with Gasteiger partial charge in [-0.15, -0.1) is 13.2 Å². The lowest BCUT2D eigenvalue weighted by atomic mass is 10.1. The molecule has 0 aliphatic rings. The second kappa shape index (κ2) is 6.50. The van der Waals surface area contributed by atoms with Crippen LogP contribution >= 0.6 is 15.9 Å². The van der Waals surface area contributed by atoms with E-state index in [0.29, 0.717) is 16.1 Å². The zero-order valence-corrected chi connectivity index (χ0v) is 12.6. The zero-order chi connectivity index (χ0) is 14.6. The first-order valence-corrected chi connectivity index (χ1v) is 6.78. The number of benzene rings is 1. The van der Waals surface area contributed by atoms with Crippen molar-refractivity contribution in [3.63, 3.8) is 0 Å². The summed E-state index contributed by atoms with van der Waals surface area (Å²) in [5.41, 5.74) is 0.341. The molecule has 1 N–H and O–H groups in total. The van der Waals surface area contributed by atoms with Gasteiger partial charge < -0.3 is 10.1 Å². The minimum Gasteiger partial charge on any atom is -0.404 e. The number of anilines is 1. The van der Waals surface area contributed by atoms with E-state index in [2.05, 4.69) is 39.8 Å². The van der Waals surface area contributed by atoms with Crippen LogP contribution in [0.2, 0.25) is 0 Å². The van der Waals surface area contributed by atoms with Crippen LogP contribution in [0, 0.1) is 5.92 Å². The summed E-state index contributed by atoms with van der Waals surface area (Å²) in [6, 6.07) is 4.62. The van der Waals surface area contributed by atoms with Crippen LogP contribution in [0.5, 0.6) is 5.75 Å². The van der Waals surface area contributed by atoms with E-state index in [1.165, 1.54) is 6.07 Å². The SMILES string of the molecule is CC(C)CC(C)Nc1ccc(Br)cc1OC(F)(F)F. The largest absolute Gasteiger partial charge is 0.573 e. The first kappa shape index (κ1) is 16.1. The molecule has 0 saturated carbocycles. The maximum absolute atomic E-state index is 12.3. The van der Waals surface area contributed by atoms with E-state index in [1.807, 2.05) is 6.92 Å². The molecule has 0 aliphatic heterocycles. The fourth-order valence-electron chi connectivity index (χ4n) is 1.86. The standard InChI is InChI=1S/C13H17BrF3NO/c1-8(2)6-9(3)18-11-5-4-10(14)7-12(11)19-13(15,16)17/h4-5,7-9,18H,6H2,1-3H3. The van der Waals surface area contributed by atoms with Crippen molar-refractivity contribution in [1.82, 2.24) is 0 Å². The second-order valence-electron chi connectivity index (χ2n) is 4.86. The fraction of sp³-hybridized carbons (Fsp3) is 0.538. The van der Waals surface area contributed by atoms with Crippen molar-refractivity contribution in [1.29, 1.82) is 0 Å². The number of ether oxygens (including phenoxy) is 1. The summed E-state index contributed by atoms with van der Waals surface area (Å²) in [7, 11) is 0. The summed E-state index contributed by atoms with van der Waals surface area (Å²) in [5, 5.41) is 3.05. The Bertz CT molecular complexity index is 421. The maximum atomic E-state index is 12.3. The first-order valence-electron chi connectivity index (χ1n) is 5.99. The molecule has 0 saturated heterocycles. The highest BCUT2D eigenvalue weighted by molar-refractivity contribution is 9.10. The summed E-state index contributed by atoms with van der Waals surface area (Å²) in [6.07, 6.45) is -3.83. The van der Waals surface area contributed by atoms with E-state index in [-0.39, 0.29) is 11.8 Å². The molecule has 1 aromatic rings. The van der Waals surface area contributed by atoms with Gasteiger partial charge in [-0.25, -0.2) is 0 Å². The summed E-state index contributed by atoms with van der Waals surface area (Å²) in [5.74, 6) is 0.238. The molecule has 1 atom stereocenters. The number of alkyl halides is 3. The van der Waals surface area contributed by atoms with Gasteiger partial charge in [-0.05, 0) is 37.5 Å². The molecule has 1 rings (SSSR count). The Morgan fingerprint density at radius 2 is 1.89 bits per heavy atom. The maximum Gasteiger partial charge on any atom is 0.573 e. The van der Waals surface area contributed by atoms with Crippen molar-refractivity contribution in [3.8, 4) is 5.75 Å². The van der Waals surface area contributed by atoms with E-state index in [9.17, 15) is 13.2 Å². The quantitative estimate of drug-likeness (QED) is 0.796. The molecule has 6 heteroatoms. The number of nitrogens with one attached hydrogen (secondary N) is 1. The van der Waals surface area contributed by atoms with Gasteiger partial charge in [0.2, 0.25) is 0 Å². The van der Waals surface area contributed by atoms with E-state index in [1.54, 1.807) is 12.1 Å². The smallest absolute Gasteiger partial charge is 0.404 e. The summed E-state index contributed by atoms with van der Waals surface area (Å²) < 4.78 is 41.6. The van der Waals surface area contributed by atoms with E-state index in [0.717, 1.165) is 6.42 Å². The minimum atomic E-state index is -4.70. The Morgan fingerprint density at radius 1 is 1.26 bits per heavy atom. The Balaban J connectivity index is 2.87. The molecule has 19 heavy (non-hydrogen) atoms. The Labute approximate surface area is 119 Å². The third kappa shape index (κ3) is 6.18. The number of halogens is 4. The van der Waals surface area contributed by atoms with Gasteiger partial charge in [0.1, 0.15) is 0 Å². The van der Waals surface area contributed by atoms with E-state index in [4.69, 9.17) is 0 Å². The van der Waals surface area contributed by atoms with Crippen molar-refractivity contribution in [2.24, 2.45) is 5.92 Å². The van der Waals surface area contributed by atoms with Crippen LogP contribution < -0.4 is 10.1 Å². The van der Waals surface area contributed by atoms with Gasteiger partial charge in [0, 0.05) is 10.5 Å². The van der Waals surface area contributed by atoms with Crippen molar-refractivity contribution in [2.45, 2.75) is 39.6 Å². The van der Waals surface area contributed by atoms with Crippen LogP contribution in [-0.4, -0.2) is 12.4 Å². The molecule has 108 valence electrons. The number of hydrogen-bond acceptors (Lipinski definition) is 2. The summed E-state index contributed by atoms with van der Waals surface area (Å²) in [6.45, 7) is 6.05. The minimum absolute atomic E-state index is 0.0664. The van der Waals surface area contributed by atoms with Crippen LogP contribution in [0.1, 0.15) is 27.2 Å². The van der Waals surface area contributed by atoms with E-state index < -0.39 is 6.36 Å². The summed E-state index contributed by atoms with van der Waals surface area (Å²) in [4.78, 5) is 0. The van der Waals surface area contributed by atoms with Crippen LogP contribution in [0.25, 0.3) is 0 Å². The van der Waals surface area contributed by atoms with Crippen molar-refractivity contribution in [3.05, 3.63) is 22.7 Å². The average molecular weight is 340 g/mol. The van der Waals surface area contributed by atoms with Gasteiger partial charge in [-0.2, -0.15) is 0 Å². The van der Waals surface area contributed by atoms with Crippen molar-refractivity contribution < 1.29 is 17.9 Å². The molecular weight excluding hydrogens is 323 g/mol. The zero-order valence-electron chi connectivity index (χ0n) is 11.0. The lowest BCUT2D eigenvalue weighted by molar-refractivity contribution is -0.274. The molecule has 2 nitrogen and oxygen atoms in total. The molecular formula is C13H17BrF3NO. The van der Waals surface area contributed by atoms with Crippen LogP contribution in [0.3, 0.4) is 0 Å². The van der Waals surface area contributed by atoms with Crippen LogP contribution in [0.15, 0.2) is 22.7 Å². The molecule has 0 bridgehead atoms. The molecule has 1 aromatic carbocycles. The first-order chi connectivity index (χ1) is 8.67. The van der Waals surface area contributed by atoms with E-state index >= 15 is 0 Å². The van der Waals surface area contributed by atoms with Gasteiger partial charge in [0.05, 0.1) is 5.69 Å². The highest BCUT2D eigenvalue weighted by Crippen LogP contribution is 2.33. The fourth-order valence-corrected chi connectivity index (χ4v) is 2.20. The molecule has 0 spiro atoms. The Kier molecular flexibility index (Phi) is 5.52. The van der Waals surface area contributed by atoms with Crippen molar-refractivity contribution >= 4 is 21.6 Å². The predicted octanol–water partition coefficient (Wildman–Crippen LogP) is 5.19. The molecule has 0 heterocycles. The van der Waals surface area contributed by atoms with Crippen LogP contribution in [0.4, 0.5) is 18.9 Å². The predicted molar refractivity (Wildman–Crippen MR) is 73.4 cm³/mol. The van der Waals surface area contributed by atoms with Gasteiger partial charge in [0.15, 0.2) is 5.75 Å². The van der Waals surface area contributed by atoms with Crippen molar-refractivity contribution in [2.75, 3.05) is 5.32 Å².